The molecule has 2 heterocycles. The molecule has 0 unspecified atom stereocenters. The van der Waals surface area contributed by atoms with Gasteiger partial charge in [0.25, 0.3) is 5.91 Å². The van der Waals surface area contributed by atoms with E-state index in [0.29, 0.717) is 38.1 Å². The summed E-state index contributed by atoms with van der Waals surface area (Å²) in [6.07, 6.45) is 2.25. The number of nitrogens with one attached hydrogen (secondary N) is 1. The first-order valence-corrected chi connectivity index (χ1v) is 13.0. The van der Waals surface area contributed by atoms with Crippen LogP contribution in [0.3, 0.4) is 0 Å². The van der Waals surface area contributed by atoms with Crippen LogP contribution in [0.5, 0.6) is 0 Å². The Morgan fingerprint density at radius 2 is 1.77 bits per heavy atom. The van der Waals surface area contributed by atoms with E-state index in [1.54, 1.807) is 23.5 Å². The molecule has 1 amide bonds. The fourth-order valence-corrected chi connectivity index (χ4v) is 5.61. The Kier molecular flexibility index (Phi) is 8.31. The van der Waals surface area contributed by atoms with Crippen molar-refractivity contribution in [2.45, 2.75) is 39.2 Å². The topological polar surface area (TPSA) is 58.6 Å². The van der Waals surface area contributed by atoms with Crippen LogP contribution in [0.25, 0.3) is 0 Å². The van der Waals surface area contributed by atoms with Crippen LogP contribution in [-0.4, -0.2) is 36.5 Å². The molecule has 0 radical (unpaired) electrons. The van der Waals surface area contributed by atoms with Crippen LogP contribution in [0.15, 0.2) is 60.7 Å². The molecule has 2 aromatic carbocycles. The van der Waals surface area contributed by atoms with Gasteiger partial charge in [-0.2, -0.15) is 0 Å². The maximum Gasteiger partial charge on any atom is 0.309 e. The lowest BCUT2D eigenvalue weighted by Gasteiger charge is -2.37. The third-order valence-corrected chi connectivity index (χ3v) is 7.63. The number of rotatable bonds is 8. The van der Waals surface area contributed by atoms with Gasteiger partial charge < -0.3 is 10.1 Å². The van der Waals surface area contributed by atoms with Crippen molar-refractivity contribution in [3.05, 3.63) is 88.0 Å². The number of halogens is 1. The monoisotopic (exact) mass is 494 g/mol. The van der Waals surface area contributed by atoms with Gasteiger partial charge in [-0.25, -0.2) is 4.39 Å². The summed E-state index contributed by atoms with van der Waals surface area (Å²) in [4.78, 5) is 28.8. The van der Waals surface area contributed by atoms with Crippen LogP contribution in [-0.2, 0) is 16.0 Å². The molecule has 7 heteroatoms. The molecular formula is C28H31FN2O3S. The number of benzene rings is 2. The normalized spacial score (nSPS) is 15.5. The van der Waals surface area contributed by atoms with Gasteiger partial charge in [0.2, 0.25) is 0 Å². The number of carbonyl (C=O) groups is 2. The van der Waals surface area contributed by atoms with Crippen LogP contribution in [0.2, 0.25) is 0 Å². The second-order valence-corrected chi connectivity index (χ2v) is 9.82. The molecule has 3 aromatic rings. The van der Waals surface area contributed by atoms with Crippen molar-refractivity contribution in [1.82, 2.24) is 4.90 Å². The molecule has 0 bridgehead atoms. The largest absolute Gasteiger partial charge is 0.466 e. The zero-order valence-electron chi connectivity index (χ0n) is 20.1. The lowest BCUT2D eigenvalue weighted by molar-refractivity contribution is -0.149. The number of piperidine rings is 1. The summed E-state index contributed by atoms with van der Waals surface area (Å²) in [5.74, 6) is -0.683. The molecule has 4 rings (SSSR count). The van der Waals surface area contributed by atoms with Gasteiger partial charge in [-0.05, 0) is 75.2 Å². The van der Waals surface area contributed by atoms with Crippen molar-refractivity contribution in [3.8, 4) is 0 Å². The van der Waals surface area contributed by atoms with E-state index >= 15 is 0 Å². The van der Waals surface area contributed by atoms with Crippen LogP contribution >= 0.6 is 11.3 Å². The summed E-state index contributed by atoms with van der Waals surface area (Å²) in [6, 6.07) is 17.7. The summed E-state index contributed by atoms with van der Waals surface area (Å²) in [5.41, 5.74) is 2.55. The quantitative estimate of drug-likeness (QED) is 0.387. The van der Waals surface area contributed by atoms with Crippen LogP contribution in [0.4, 0.5) is 9.39 Å². The van der Waals surface area contributed by atoms with Crippen LogP contribution < -0.4 is 5.32 Å². The Morgan fingerprint density at radius 1 is 1.09 bits per heavy atom. The molecule has 35 heavy (non-hydrogen) atoms. The minimum Gasteiger partial charge on any atom is -0.466 e. The molecule has 0 aliphatic carbocycles. The van der Waals surface area contributed by atoms with Gasteiger partial charge in [-0.15, -0.1) is 11.3 Å². The number of hydrogen-bond donors (Lipinski definition) is 1. The zero-order valence-corrected chi connectivity index (χ0v) is 20.9. The van der Waals surface area contributed by atoms with Crippen LogP contribution in [0.1, 0.15) is 59.1 Å². The standard InChI is InChI=1S/C28H31FN2O3S/c1-3-23-18-24(27(35-23)30-26(32)20-8-6-5-7-9-20)25(19-10-12-22(29)13-11-19)31-16-14-21(15-17-31)28(33)34-4-2/h5-13,18,21,25H,3-4,14-17H2,1-2H3,(H,30,32)/t25-/m0/s1. The smallest absolute Gasteiger partial charge is 0.309 e. The molecule has 1 N–H and O–H groups in total. The highest BCUT2D eigenvalue weighted by Crippen LogP contribution is 2.41. The minimum atomic E-state index is -0.286. The van der Waals surface area contributed by atoms with Gasteiger partial charge in [0, 0.05) is 16.0 Å². The third kappa shape index (κ3) is 5.97. The fraction of sp³-hybridized carbons (Fsp3) is 0.357. The lowest BCUT2D eigenvalue weighted by Crippen LogP contribution is -2.39. The van der Waals surface area contributed by atoms with Crippen molar-refractivity contribution in [3.63, 3.8) is 0 Å². The van der Waals surface area contributed by atoms with E-state index in [9.17, 15) is 14.0 Å². The molecular weight excluding hydrogens is 463 g/mol. The van der Waals surface area contributed by atoms with Gasteiger partial charge in [0.1, 0.15) is 10.8 Å². The van der Waals surface area contributed by atoms with E-state index in [2.05, 4.69) is 23.2 Å². The molecule has 184 valence electrons. The number of aryl methyl sites for hydroxylation is 1. The number of amides is 1. The Hall–Kier alpha value is -3.03. The number of anilines is 1. The summed E-state index contributed by atoms with van der Waals surface area (Å²) in [7, 11) is 0. The van der Waals surface area contributed by atoms with E-state index in [0.717, 1.165) is 27.4 Å². The summed E-state index contributed by atoms with van der Waals surface area (Å²) >= 11 is 1.58. The van der Waals surface area contributed by atoms with Crippen LogP contribution in [0, 0.1) is 11.7 Å². The number of nitrogens with zero attached hydrogens (tertiary/aromatic N) is 1. The minimum absolute atomic E-state index is 0.106. The van der Waals surface area contributed by atoms with Gasteiger partial charge in [-0.3, -0.25) is 14.5 Å². The first-order valence-electron chi connectivity index (χ1n) is 12.1. The molecule has 1 aromatic heterocycles. The Bertz CT molecular complexity index is 1140. The first-order chi connectivity index (χ1) is 17.0. The van der Waals surface area contributed by atoms with Crippen molar-refractivity contribution in [2.24, 2.45) is 5.92 Å². The van der Waals surface area contributed by atoms with E-state index < -0.39 is 0 Å². The lowest BCUT2D eigenvalue weighted by atomic mass is 9.91. The number of carbonyl (C=O) groups excluding carboxylic acids is 2. The second kappa shape index (κ2) is 11.6. The highest BCUT2D eigenvalue weighted by molar-refractivity contribution is 7.16. The summed E-state index contributed by atoms with van der Waals surface area (Å²) in [6.45, 7) is 5.71. The van der Waals surface area contributed by atoms with Gasteiger partial charge in [0.05, 0.1) is 18.6 Å². The van der Waals surface area contributed by atoms with Gasteiger partial charge in [0.15, 0.2) is 0 Å². The SMILES string of the molecule is CCOC(=O)C1CCN([C@@H](c2ccc(F)cc2)c2cc(CC)sc2NC(=O)c2ccccc2)CC1. The molecule has 1 aliphatic rings. The molecule has 1 saturated heterocycles. The first kappa shape index (κ1) is 25.1. The van der Waals surface area contributed by atoms with E-state index in [1.165, 1.54) is 12.1 Å². The Balaban J connectivity index is 1.66. The molecule has 5 nitrogen and oxygen atoms in total. The summed E-state index contributed by atoms with van der Waals surface area (Å²) in [5, 5.41) is 3.93. The average molecular weight is 495 g/mol. The number of ether oxygens (including phenoxy) is 1. The van der Waals surface area contributed by atoms with Crippen molar-refractivity contribution in [1.29, 1.82) is 0 Å². The molecule has 1 atom stereocenters. The predicted octanol–water partition coefficient (Wildman–Crippen LogP) is 6.07. The van der Waals surface area contributed by atoms with E-state index in [1.807, 2.05) is 37.3 Å². The Labute approximate surface area is 209 Å². The van der Waals surface area contributed by atoms with Gasteiger partial charge in [-0.1, -0.05) is 37.3 Å². The van der Waals surface area contributed by atoms with Gasteiger partial charge >= 0.3 is 5.97 Å². The fourth-order valence-electron chi connectivity index (χ4n) is 4.58. The van der Waals surface area contributed by atoms with Crippen molar-refractivity contribution >= 4 is 28.2 Å². The molecule has 0 spiro atoms. The average Bonchev–Trinajstić information content (AvgIpc) is 3.28. The second-order valence-electron chi connectivity index (χ2n) is 8.69. The number of hydrogen-bond acceptors (Lipinski definition) is 5. The molecule has 1 fully saturated rings. The van der Waals surface area contributed by atoms with Crippen molar-refractivity contribution < 1.29 is 18.7 Å². The van der Waals surface area contributed by atoms with E-state index in [-0.39, 0.29) is 29.7 Å². The maximum atomic E-state index is 13.8. The number of thiophene rings is 1. The highest BCUT2D eigenvalue weighted by atomic mass is 32.1. The number of esters is 1. The summed E-state index contributed by atoms with van der Waals surface area (Å²) < 4.78 is 19.0. The maximum absolute atomic E-state index is 13.8. The Morgan fingerprint density at radius 3 is 2.40 bits per heavy atom. The zero-order chi connectivity index (χ0) is 24.8. The number of likely N-dealkylation sites (tertiary alicyclic amines) is 1. The van der Waals surface area contributed by atoms with E-state index in [4.69, 9.17) is 4.74 Å². The molecule has 0 saturated carbocycles. The molecule has 1 aliphatic heterocycles. The highest BCUT2D eigenvalue weighted by Gasteiger charge is 2.33. The predicted molar refractivity (Wildman–Crippen MR) is 137 cm³/mol. The van der Waals surface area contributed by atoms with Crippen molar-refractivity contribution in [2.75, 3.05) is 25.0 Å². The third-order valence-electron chi connectivity index (χ3n) is 6.42.